The summed E-state index contributed by atoms with van der Waals surface area (Å²) in [4.78, 5) is 24.7. The van der Waals surface area contributed by atoms with Crippen molar-refractivity contribution in [2.24, 2.45) is 5.10 Å². The molecule has 0 saturated heterocycles. The summed E-state index contributed by atoms with van der Waals surface area (Å²) in [6, 6.07) is 26.4. The Balaban J connectivity index is 1.23. The molecule has 5 rings (SSSR count). The van der Waals surface area contributed by atoms with E-state index in [1.165, 1.54) is 0 Å². The molecule has 8 nitrogen and oxygen atoms in total. The minimum atomic E-state index is -0.465. The number of nitrogens with one attached hydrogen (secondary N) is 2. The number of amides is 2. The van der Waals surface area contributed by atoms with Crippen molar-refractivity contribution in [1.29, 1.82) is 0 Å². The molecule has 180 valence electrons. The van der Waals surface area contributed by atoms with Gasteiger partial charge >= 0.3 is 0 Å². The summed E-state index contributed by atoms with van der Waals surface area (Å²) in [6.45, 7) is 0.284. The molecule has 1 aliphatic heterocycles. The SMILES string of the molecule is O=C(CNC(=O)c1ccc2c(c1)OCO2)N/N=C\c1c(OCc2ccccc2)ccc2ccccc12. The maximum absolute atomic E-state index is 12.4. The topological polar surface area (TPSA) is 98.3 Å². The van der Waals surface area contributed by atoms with Crippen LogP contribution in [0.15, 0.2) is 90.0 Å². The summed E-state index contributed by atoms with van der Waals surface area (Å²) in [5.74, 6) is 0.855. The van der Waals surface area contributed by atoms with E-state index >= 15 is 0 Å². The van der Waals surface area contributed by atoms with Crippen molar-refractivity contribution in [2.45, 2.75) is 6.61 Å². The second-order valence-electron chi connectivity index (χ2n) is 8.02. The molecule has 0 fully saturated rings. The number of benzene rings is 4. The van der Waals surface area contributed by atoms with E-state index in [4.69, 9.17) is 14.2 Å². The number of carbonyl (C=O) groups is 2. The molecule has 0 aromatic heterocycles. The highest BCUT2D eigenvalue weighted by atomic mass is 16.7. The first kappa shape index (κ1) is 22.9. The van der Waals surface area contributed by atoms with Crippen LogP contribution in [-0.4, -0.2) is 31.4 Å². The van der Waals surface area contributed by atoms with Gasteiger partial charge in [0.15, 0.2) is 11.5 Å². The number of fused-ring (bicyclic) bond motifs is 2. The van der Waals surface area contributed by atoms with Crippen LogP contribution in [0.25, 0.3) is 10.8 Å². The van der Waals surface area contributed by atoms with Crippen molar-refractivity contribution in [3.63, 3.8) is 0 Å². The van der Waals surface area contributed by atoms with Crippen LogP contribution in [0.4, 0.5) is 0 Å². The Hall–Kier alpha value is -4.85. The van der Waals surface area contributed by atoms with Crippen LogP contribution in [0, 0.1) is 0 Å². The molecular formula is C28H23N3O5. The first-order chi connectivity index (χ1) is 17.7. The highest BCUT2D eigenvalue weighted by Gasteiger charge is 2.16. The van der Waals surface area contributed by atoms with E-state index in [1.807, 2.05) is 66.7 Å². The van der Waals surface area contributed by atoms with Gasteiger partial charge in [0.2, 0.25) is 6.79 Å². The summed E-state index contributed by atoms with van der Waals surface area (Å²) < 4.78 is 16.6. The predicted octanol–water partition coefficient (Wildman–Crippen LogP) is 4.03. The normalized spacial score (nSPS) is 12.0. The zero-order chi connectivity index (χ0) is 24.7. The van der Waals surface area contributed by atoms with Crippen LogP contribution in [-0.2, 0) is 11.4 Å². The molecule has 0 radical (unpaired) electrons. The van der Waals surface area contributed by atoms with E-state index in [-0.39, 0.29) is 13.3 Å². The molecule has 0 saturated carbocycles. The number of carbonyl (C=O) groups excluding carboxylic acids is 2. The Bertz CT molecular complexity index is 1440. The van der Waals surface area contributed by atoms with Crippen LogP contribution >= 0.6 is 0 Å². The van der Waals surface area contributed by atoms with Crippen LogP contribution < -0.4 is 25.0 Å². The van der Waals surface area contributed by atoms with Gasteiger partial charge in [0, 0.05) is 11.1 Å². The van der Waals surface area contributed by atoms with E-state index in [9.17, 15) is 9.59 Å². The molecule has 4 aromatic carbocycles. The third-order valence-corrected chi connectivity index (χ3v) is 5.60. The molecule has 0 atom stereocenters. The van der Waals surface area contributed by atoms with Gasteiger partial charge in [-0.05, 0) is 40.6 Å². The molecule has 0 spiro atoms. The fraction of sp³-hybridized carbons (Fsp3) is 0.107. The molecule has 2 N–H and O–H groups in total. The largest absolute Gasteiger partial charge is 0.488 e. The van der Waals surface area contributed by atoms with Crippen LogP contribution in [0.5, 0.6) is 17.2 Å². The Morgan fingerprint density at radius 1 is 0.917 bits per heavy atom. The maximum atomic E-state index is 12.4. The number of hydrazone groups is 1. The fourth-order valence-corrected chi connectivity index (χ4v) is 3.78. The van der Waals surface area contributed by atoms with Crippen molar-refractivity contribution >= 4 is 28.8 Å². The maximum Gasteiger partial charge on any atom is 0.259 e. The summed E-state index contributed by atoms with van der Waals surface area (Å²) in [5, 5.41) is 8.65. The number of hydrogen-bond acceptors (Lipinski definition) is 6. The van der Waals surface area contributed by atoms with Crippen molar-refractivity contribution in [3.05, 3.63) is 102 Å². The lowest BCUT2D eigenvalue weighted by Gasteiger charge is -2.12. The summed E-state index contributed by atoms with van der Waals surface area (Å²) >= 11 is 0. The van der Waals surface area contributed by atoms with Gasteiger partial charge in [0.1, 0.15) is 12.4 Å². The van der Waals surface area contributed by atoms with Crippen LogP contribution in [0.3, 0.4) is 0 Å². The lowest BCUT2D eigenvalue weighted by Crippen LogP contribution is -2.34. The highest BCUT2D eigenvalue weighted by molar-refractivity contribution is 6.03. The van der Waals surface area contributed by atoms with Gasteiger partial charge in [-0.15, -0.1) is 0 Å². The predicted molar refractivity (Wildman–Crippen MR) is 135 cm³/mol. The van der Waals surface area contributed by atoms with Gasteiger partial charge in [-0.1, -0.05) is 60.7 Å². The monoisotopic (exact) mass is 481 g/mol. The summed E-state index contributed by atoms with van der Waals surface area (Å²) in [7, 11) is 0. The molecule has 0 unspecified atom stereocenters. The van der Waals surface area contributed by atoms with Gasteiger partial charge in [-0.3, -0.25) is 9.59 Å². The molecule has 8 heteroatoms. The van der Waals surface area contributed by atoms with E-state index in [1.54, 1.807) is 24.4 Å². The number of nitrogens with zero attached hydrogens (tertiary/aromatic N) is 1. The van der Waals surface area contributed by atoms with Crippen LogP contribution in [0.2, 0.25) is 0 Å². The van der Waals surface area contributed by atoms with Gasteiger partial charge in [-0.2, -0.15) is 5.10 Å². The van der Waals surface area contributed by atoms with Crippen molar-refractivity contribution in [2.75, 3.05) is 13.3 Å². The number of hydrogen-bond donors (Lipinski definition) is 2. The molecule has 0 aliphatic carbocycles. The zero-order valence-corrected chi connectivity index (χ0v) is 19.3. The van der Waals surface area contributed by atoms with Gasteiger partial charge < -0.3 is 19.5 Å². The van der Waals surface area contributed by atoms with Crippen LogP contribution in [0.1, 0.15) is 21.5 Å². The second-order valence-corrected chi connectivity index (χ2v) is 8.02. The Morgan fingerprint density at radius 2 is 1.72 bits per heavy atom. The average molecular weight is 482 g/mol. The zero-order valence-electron chi connectivity index (χ0n) is 19.3. The van der Waals surface area contributed by atoms with Crippen molar-refractivity contribution < 1.29 is 23.8 Å². The summed E-state index contributed by atoms with van der Waals surface area (Å²) in [5.41, 5.74) is 4.61. The molecule has 0 bridgehead atoms. The minimum Gasteiger partial charge on any atom is -0.488 e. The highest BCUT2D eigenvalue weighted by Crippen LogP contribution is 2.32. The van der Waals surface area contributed by atoms with Crippen molar-refractivity contribution in [3.8, 4) is 17.2 Å². The minimum absolute atomic E-state index is 0.122. The van der Waals surface area contributed by atoms with E-state index in [0.717, 1.165) is 21.9 Å². The number of ether oxygens (including phenoxy) is 3. The molecule has 2 amide bonds. The standard InChI is InChI=1S/C28H23N3O5/c32-27(16-29-28(33)21-11-13-25-26(14-21)36-18-35-25)31-30-15-23-22-9-5-4-8-20(22)10-12-24(23)34-17-19-6-2-1-3-7-19/h1-15H,16-18H2,(H,29,33)(H,31,32)/b30-15-. The Morgan fingerprint density at radius 3 is 2.61 bits per heavy atom. The molecule has 1 aliphatic rings. The van der Waals surface area contributed by atoms with E-state index < -0.39 is 11.8 Å². The average Bonchev–Trinajstić information content (AvgIpc) is 3.40. The van der Waals surface area contributed by atoms with Gasteiger partial charge in [0.25, 0.3) is 11.8 Å². The number of rotatable bonds is 8. The van der Waals surface area contributed by atoms with E-state index in [2.05, 4.69) is 15.8 Å². The molecular weight excluding hydrogens is 458 g/mol. The Labute approximate surface area is 207 Å². The second kappa shape index (κ2) is 10.6. The molecule has 1 heterocycles. The smallest absolute Gasteiger partial charge is 0.259 e. The third kappa shape index (κ3) is 5.28. The van der Waals surface area contributed by atoms with Crippen molar-refractivity contribution in [1.82, 2.24) is 10.7 Å². The third-order valence-electron chi connectivity index (χ3n) is 5.60. The lowest BCUT2D eigenvalue weighted by molar-refractivity contribution is -0.120. The lowest BCUT2D eigenvalue weighted by atomic mass is 10.0. The molecule has 36 heavy (non-hydrogen) atoms. The fourth-order valence-electron chi connectivity index (χ4n) is 3.78. The Kier molecular flexibility index (Phi) is 6.75. The van der Waals surface area contributed by atoms with E-state index in [0.29, 0.717) is 29.4 Å². The molecule has 4 aromatic rings. The van der Waals surface area contributed by atoms with Gasteiger partial charge in [-0.25, -0.2) is 5.43 Å². The first-order valence-corrected chi connectivity index (χ1v) is 11.4. The first-order valence-electron chi connectivity index (χ1n) is 11.4. The van der Waals surface area contributed by atoms with Gasteiger partial charge in [0.05, 0.1) is 12.8 Å². The summed E-state index contributed by atoms with van der Waals surface area (Å²) in [6.07, 6.45) is 1.56. The quantitative estimate of drug-likeness (QED) is 0.293.